The molecule has 0 saturated carbocycles. The summed E-state index contributed by atoms with van der Waals surface area (Å²) in [6.45, 7) is 0.412. The molecule has 0 radical (unpaired) electrons. The fourth-order valence-electron chi connectivity index (χ4n) is 1.69. The van der Waals surface area contributed by atoms with Crippen molar-refractivity contribution in [2.24, 2.45) is 0 Å². The Morgan fingerprint density at radius 2 is 2.05 bits per heavy atom. The molecular weight excluding hydrogens is 274 g/mol. The van der Waals surface area contributed by atoms with Gasteiger partial charge in [0.1, 0.15) is 5.75 Å². The number of thiophene rings is 1. The molecule has 1 aromatic carbocycles. The largest absolute Gasteiger partial charge is 0.484 e. The third-order valence-electron chi connectivity index (χ3n) is 2.72. The number of para-hydroxylation sites is 1. The van der Waals surface area contributed by atoms with E-state index in [1.54, 1.807) is 12.1 Å². The predicted octanol–water partition coefficient (Wildman–Crippen LogP) is 2.37. The minimum absolute atomic E-state index is 0.0148. The first-order chi connectivity index (χ1) is 9.75. The van der Waals surface area contributed by atoms with Gasteiger partial charge in [0.2, 0.25) is 0 Å². The summed E-state index contributed by atoms with van der Waals surface area (Å²) in [5.41, 5.74) is 0. The fraction of sp³-hybridized carbons (Fsp3) is 0.267. The van der Waals surface area contributed by atoms with E-state index in [2.05, 4.69) is 5.32 Å². The Morgan fingerprint density at radius 3 is 2.75 bits per heavy atom. The zero-order valence-electron chi connectivity index (χ0n) is 11.0. The van der Waals surface area contributed by atoms with Crippen LogP contribution in [0.5, 0.6) is 5.75 Å². The number of rotatable bonds is 7. The van der Waals surface area contributed by atoms with Gasteiger partial charge in [0.05, 0.1) is 6.10 Å². The first kappa shape index (κ1) is 14.6. The molecule has 20 heavy (non-hydrogen) atoms. The van der Waals surface area contributed by atoms with Gasteiger partial charge in [-0.15, -0.1) is 11.3 Å². The highest BCUT2D eigenvalue weighted by Gasteiger charge is 2.09. The summed E-state index contributed by atoms with van der Waals surface area (Å²) in [5, 5.41) is 14.5. The van der Waals surface area contributed by atoms with Crippen LogP contribution in [0.1, 0.15) is 17.4 Å². The third kappa shape index (κ3) is 4.68. The minimum atomic E-state index is -0.523. The molecule has 1 aromatic heterocycles. The van der Waals surface area contributed by atoms with E-state index >= 15 is 0 Å². The second kappa shape index (κ2) is 7.67. The number of hydrogen-bond acceptors (Lipinski definition) is 4. The lowest BCUT2D eigenvalue weighted by atomic mass is 10.2. The zero-order chi connectivity index (χ0) is 14.2. The van der Waals surface area contributed by atoms with Gasteiger partial charge in [-0.3, -0.25) is 4.79 Å². The van der Waals surface area contributed by atoms with Crippen LogP contribution in [0.3, 0.4) is 0 Å². The molecule has 106 valence electrons. The van der Waals surface area contributed by atoms with Crippen LogP contribution >= 0.6 is 11.3 Å². The Bertz CT molecular complexity index is 513. The molecule has 1 amide bonds. The van der Waals surface area contributed by atoms with Gasteiger partial charge in [-0.25, -0.2) is 0 Å². The lowest BCUT2D eigenvalue weighted by molar-refractivity contribution is -0.123. The monoisotopic (exact) mass is 291 g/mol. The Kier molecular flexibility index (Phi) is 5.58. The van der Waals surface area contributed by atoms with E-state index in [-0.39, 0.29) is 12.5 Å². The van der Waals surface area contributed by atoms with E-state index in [0.29, 0.717) is 18.7 Å². The van der Waals surface area contributed by atoms with Crippen molar-refractivity contribution in [1.29, 1.82) is 0 Å². The molecule has 1 atom stereocenters. The van der Waals surface area contributed by atoms with Crippen LogP contribution in [0, 0.1) is 0 Å². The minimum Gasteiger partial charge on any atom is -0.484 e. The molecule has 0 spiro atoms. The molecule has 0 aliphatic heterocycles. The van der Waals surface area contributed by atoms with E-state index in [0.717, 1.165) is 4.88 Å². The third-order valence-corrected chi connectivity index (χ3v) is 3.70. The van der Waals surface area contributed by atoms with Crippen molar-refractivity contribution in [3.05, 3.63) is 52.7 Å². The average molecular weight is 291 g/mol. The number of ether oxygens (including phenoxy) is 1. The molecule has 0 aliphatic rings. The number of benzene rings is 1. The molecule has 0 aliphatic carbocycles. The van der Waals surface area contributed by atoms with Crippen molar-refractivity contribution in [2.45, 2.75) is 12.5 Å². The van der Waals surface area contributed by atoms with Gasteiger partial charge in [0.15, 0.2) is 6.61 Å². The van der Waals surface area contributed by atoms with Crippen molar-refractivity contribution < 1.29 is 14.6 Å². The molecule has 0 saturated heterocycles. The molecule has 1 unspecified atom stereocenters. The van der Waals surface area contributed by atoms with Crippen LogP contribution in [0.4, 0.5) is 0 Å². The number of aliphatic hydroxyl groups is 1. The highest BCUT2D eigenvalue weighted by atomic mass is 32.1. The van der Waals surface area contributed by atoms with E-state index in [1.165, 1.54) is 11.3 Å². The van der Waals surface area contributed by atoms with E-state index in [9.17, 15) is 9.90 Å². The number of hydrogen-bond donors (Lipinski definition) is 2. The smallest absolute Gasteiger partial charge is 0.257 e. The molecule has 5 heteroatoms. The lowest BCUT2D eigenvalue weighted by Gasteiger charge is -2.10. The molecule has 0 fully saturated rings. The van der Waals surface area contributed by atoms with Crippen molar-refractivity contribution in [1.82, 2.24) is 5.32 Å². The van der Waals surface area contributed by atoms with Gasteiger partial charge >= 0.3 is 0 Å². The predicted molar refractivity (Wildman–Crippen MR) is 78.8 cm³/mol. The van der Waals surface area contributed by atoms with Crippen molar-refractivity contribution in [2.75, 3.05) is 13.2 Å². The number of aliphatic hydroxyl groups excluding tert-OH is 1. The van der Waals surface area contributed by atoms with Crippen LogP contribution in [-0.4, -0.2) is 24.2 Å². The first-order valence-electron chi connectivity index (χ1n) is 6.42. The van der Waals surface area contributed by atoms with Gasteiger partial charge in [-0.1, -0.05) is 24.3 Å². The SMILES string of the molecule is O=C(COc1ccccc1)NCCC(O)c1cccs1. The van der Waals surface area contributed by atoms with E-state index in [1.807, 2.05) is 35.7 Å². The lowest BCUT2D eigenvalue weighted by Crippen LogP contribution is -2.30. The van der Waals surface area contributed by atoms with Gasteiger partial charge in [0.25, 0.3) is 5.91 Å². The maximum atomic E-state index is 11.6. The maximum absolute atomic E-state index is 11.6. The standard InChI is InChI=1S/C15H17NO3S/c17-13(14-7-4-10-20-14)8-9-16-15(18)11-19-12-5-2-1-3-6-12/h1-7,10,13,17H,8-9,11H2,(H,16,18). The van der Waals surface area contributed by atoms with Crippen molar-refractivity contribution in [3.63, 3.8) is 0 Å². The fourth-order valence-corrected chi connectivity index (χ4v) is 2.43. The van der Waals surface area contributed by atoms with Gasteiger partial charge < -0.3 is 15.2 Å². The highest BCUT2D eigenvalue weighted by molar-refractivity contribution is 7.10. The number of carbonyl (C=O) groups is 1. The summed E-state index contributed by atoms with van der Waals surface area (Å²) in [5.74, 6) is 0.480. The van der Waals surface area contributed by atoms with Crippen LogP contribution in [0.25, 0.3) is 0 Å². The molecule has 2 aromatic rings. The second-order valence-electron chi connectivity index (χ2n) is 4.27. The molecular formula is C15H17NO3S. The van der Waals surface area contributed by atoms with E-state index < -0.39 is 6.10 Å². The van der Waals surface area contributed by atoms with Crippen LogP contribution in [0.15, 0.2) is 47.8 Å². The number of nitrogens with one attached hydrogen (secondary N) is 1. The van der Waals surface area contributed by atoms with Gasteiger partial charge in [-0.05, 0) is 30.0 Å². The van der Waals surface area contributed by atoms with Gasteiger partial charge in [-0.2, -0.15) is 0 Å². The maximum Gasteiger partial charge on any atom is 0.257 e. The second-order valence-corrected chi connectivity index (χ2v) is 5.25. The van der Waals surface area contributed by atoms with E-state index in [4.69, 9.17) is 4.74 Å². The molecule has 4 nitrogen and oxygen atoms in total. The number of carbonyl (C=O) groups excluding carboxylic acids is 1. The summed E-state index contributed by atoms with van der Waals surface area (Å²) in [6, 6.07) is 13.0. The summed E-state index contributed by atoms with van der Waals surface area (Å²) < 4.78 is 5.33. The molecule has 2 rings (SSSR count). The Labute approximate surface area is 122 Å². The summed E-state index contributed by atoms with van der Waals surface area (Å²) in [4.78, 5) is 12.5. The van der Waals surface area contributed by atoms with Crippen molar-refractivity contribution in [3.8, 4) is 5.75 Å². The molecule has 1 heterocycles. The molecule has 2 N–H and O–H groups in total. The zero-order valence-corrected chi connectivity index (χ0v) is 11.8. The Balaban J connectivity index is 1.63. The summed E-state index contributed by atoms with van der Waals surface area (Å²) >= 11 is 1.51. The van der Waals surface area contributed by atoms with Crippen LogP contribution in [0.2, 0.25) is 0 Å². The van der Waals surface area contributed by atoms with Crippen molar-refractivity contribution >= 4 is 17.2 Å². The number of amides is 1. The normalized spacial score (nSPS) is 11.8. The average Bonchev–Trinajstić information content (AvgIpc) is 3.00. The Hall–Kier alpha value is -1.85. The first-order valence-corrected chi connectivity index (χ1v) is 7.29. The van der Waals surface area contributed by atoms with Crippen LogP contribution < -0.4 is 10.1 Å². The topological polar surface area (TPSA) is 58.6 Å². The van der Waals surface area contributed by atoms with Gasteiger partial charge in [0, 0.05) is 11.4 Å². The quantitative estimate of drug-likeness (QED) is 0.823. The molecule has 0 bridgehead atoms. The summed E-state index contributed by atoms with van der Waals surface area (Å²) in [6.07, 6.45) is -0.0252. The van der Waals surface area contributed by atoms with Crippen LogP contribution in [-0.2, 0) is 4.79 Å². The highest BCUT2D eigenvalue weighted by Crippen LogP contribution is 2.20. The summed E-state index contributed by atoms with van der Waals surface area (Å²) in [7, 11) is 0. The Morgan fingerprint density at radius 1 is 1.25 bits per heavy atom.